The van der Waals surface area contributed by atoms with Gasteiger partial charge in [-0.2, -0.15) is 0 Å². The van der Waals surface area contributed by atoms with Crippen molar-refractivity contribution in [2.45, 2.75) is 72.3 Å². The first kappa shape index (κ1) is 25.4. The van der Waals surface area contributed by atoms with Crippen LogP contribution >= 0.6 is 24.4 Å². The standard InChI is InChI=1S/C27H38N4S2/c1-19-11-13-21(3)24(17-19)29-26(32)28-15-8-16-31(23-9-6-5-7-10-23)27(33)30-25-18-20(2)12-14-22(25)4/h11-14,17-18,23H,5-10,15-16H2,1-4H3,(H,30,33)(H2,28,29,32). The third-order valence-corrected chi connectivity index (χ3v) is 7.00. The molecule has 2 aromatic rings. The number of hydrogen-bond acceptors (Lipinski definition) is 2. The van der Waals surface area contributed by atoms with Gasteiger partial charge < -0.3 is 20.9 Å². The van der Waals surface area contributed by atoms with E-state index in [0.29, 0.717) is 11.2 Å². The number of nitrogens with zero attached hydrogens (tertiary/aromatic N) is 1. The Morgan fingerprint density at radius 2 is 1.42 bits per heavy atom. The smallest absolute Gasteiger partial charge is 0.173 e. The van der Waals surface area contributed by atoms with Gasteiger partial charge in [-0.3, -0.25) is 0 Å². The molecule has 3 rings (SSSR count). The summed E-state index contributed by atoms with van der Waals surface area (Å²) >= 11 is 11.4. The summed E-state index contributed by atoms with van der Waals surface area (Å²) in [6, 6.07) is 13.4. The van der Waals surface area contributed by atoms with E-state index in [1.807, 2.05) is 0 Å². The van der Waals surface area contributed by atoms with Gasteiger partial charge in [0, 0.05) is 30.5 Å². The van der Waals surface area contributed by atoms with Crippen LogP contribution in [0.5, 0.6) is 0 Å². The van der Waals surface area contributed by atoms with E-state index in [-0.39, 0.29) is 0 Å². The van der Waals surface area contributed by atoms with Gasteiger partial charge in [0.25, 0.3) is 0 Å². The van der Waals surface area contributed by atoms with Crippen LogP contribution in [0.15, 0.2) is 36.4 Å². The van der Waals surface area contributed by atoms with Crippen molar-refractivity contribution in [2.75, 3.05) is 23.7 Å². The molecule has 0 aromatic heterocycles. The summed E-state index contributed by atoms with van der Waals surface area (Å²) < 4.78 is 0. The van der Waals surface area contributed by atoms with Crippen molar-refractivity contribution < 1.29 is 0 Å². The molecule has 33 heavy (non-hydrogen) atoms. The number of thiocarbonyl (C=S) groups is 2. The Labute approximate surface area is 210 Å². The van der Waals surface area contributed by atoms with Gasteiger partial charge in [0.2, 0.25) is 0 Å². The van der Waals surface area contributed by atoms with E-state index in [4.69, 9.17) is 24.4 Å². The highest BCUT2D eigenvalue weighted by atomic mass is 32.1. The number of aryl methyl sites for hydroxylation is 4. The largest absolute Gasteiger partial charge is 0.362 e. The second-order valence-corrected chi connectivity index (χ2v) is 10.1. The first-order valence-corrected chi connectivity index (χ1v) is 12.9. The van der Waals surface area contributed by atoms with Crippen molar-refractivity contribution in [1.82, 2.24) is 10.2 Å². The van der Waals surface area contributed by atoms with Crippen LogP contribution in [-0.4, -0.2) is 34.3 Å². The zero-order valence-electron chi connectivity index (χ0n) is 20.5. The summed E-state index contributed by atoms with van der Waals surface area (Å²) in [5, 5.41) is 11.8. The highest BCUT2D eigenvalue weighted by molar-refractivity contribution is 7.80. The molecule has 1 saturated carbocycles. The summed E-state index contributed by atoms with van der Waals surface area (Å²) in [5.74, 6) is 0. The van der Waals surface area contributed by atoms with E-state index in [1.165, 1.54) is 54.4 Å². The number of benzene rings is 2. The van der Waals surface area contributed by atoms with Crippen LogP contribution in [0.2, 0.25) is 0 Å². The molecule has 0 atom stereocenters. The Kier molecular flexibility index (Phi) is 9.51. The normalized spacial score (nSPS) is 13.9. The number of rotatable bonds is 7. The fourth-order valence-electron chi connectivity index (χ4n) is 4.39. The van der Waals surface area contributed by atoms with Crippen LogP contribution in [0.4, 0.5) is 11.4 Å². The molecular weight excluding hydrogens is 444 g/mol. The quantitative estimate of drug-likeness (QED) is 0.304. The van der Waals surface area contributed by atoms with Gasteiger partial charge in [0.15, 0.2) is 10.2 Å². The van der Waals surface area contributed by atoms with Crippen LogP contribution in [-0.2, 0) is 0 Å². The second kappa shape index (κ2) is 12.3. The van der Waals surface area contributed by atoms with E-state index < -0.39 is 0 Å². The van der Waals surface area contributed by atoms with Crippen molar-refractivity contribution >= 4 is 46.0 Å². The van der Waals surface area contributed by atoms with Crippen LogP contribution in [0, 0.1) is 27.7 Å². The summed E-state index contributed by atoms with van der Waals surface area (Å²) in [6.45, 7) is 10.2. The topological polar surface area (TPSA) is 39.3 Å². The van der Waals surface area contributed by atoms with Crippen LogP contribution < -0.4 is 16.0 Å². The van der Waals surface area contributed by atoms with Crippen molar-refractivity contribution in [1.29, 1.82) is 0 Å². The number of anilines is 2. The molecule has 6 heteroatoms. The fraction of sp³-hybridized carbons (Fsp3) is 0.481. The Morgan fingerprint density at radius 1 is 0.848 bits per heavy atom. The molecule has 1 aliphatic rings. The van der Waals surface area contributed by atoms with Crippen molar-refractivity contribution in [2.24, 2.45) is 0 Å². The summed E-state index contributed by atoms with van der Waals surface area (Å²) in [5.41, 5.74) is 7.04. The second-order valence-electron chi connectivity index (χ2n) is 9.29. The van der Waals surface area contributed by atoms with Crippen LogP contribution in [0.1, 0.15) is 60.8 Å². The number of nitrogens with one attached hydrogen (secondary N) is 3. The Balaban J connectivity index is 1.55. The van der Waals surface area contributed by atoms with Gasteiger partial charge in [-0.1, -0.05) is 43.5 Å². The Hall–Kier alpha value is -2.18. The molecule has 0 heterocycles. The predicted molar refractivity (Wildman–Crippen MR) is 150 cm³/mol. The average Bonchev–Trinajstić information content (AvgIpc) is 2.79. The van der Waals surface area contributed by atoms with E-state index >= 15 is 0 Å². The maximum atomic E-state index is 5.91. The van der Waals surface area contributed by atoms with Crippen molar-refractivity contribution in [3.05, 3.63) is 58.7 Å². The molecule has 178 valence electrons. The maximum absolute atomic E-state index is 5.91. The molecule has 0 radical (unpaired) electrons. The third-order valence-electron chi connectivity index (χ3n) is 6.41. The fourth-order valence-corrected chi connectivity index (χ4v) is 4.95. The molecule has 0 aliphatic heterocycles. The molecule has 0 bridgehead atoms. The first-order chi connectivity index (χ1) is 15.8. The van der Waals surface area contributed by atoms with Gasteiger partial charge in [-0.05, 0) is 106 Å². The monoisotopic (exact) mass is 482 g/mol. The molecule has 0 amide bonds. The van der Waals surface area contributed by atoms with E-state index in [9.17, 15) is 0 Å². The highest BCUT2D eigenvalue weighted by Gasteiger charge is 2.23. The van der Waals surface area contributed by atoms with Crippen LogP contribution in [0.3, 0.4) is 0 Å². The third kappa shape index (κ3) is 7.68. The van der Waals surface area contributed by atoms with E-state index in [2.05, 4.69) is 84.9 Å². The van der Waals surface area contributed by atoms with Crippen LogP contribution in [0.25, 0.3) is 0 Å². The summed E-state index contributed by atoms with van der Waals surface area (Å²) in [7, 11) is 0. The van der Waals surface area contributed by atoms with Gasteiger partial charge >= 0.3 is 0 Å². The Morgan fingerprint density at radius 3 is 2.03 bits per heavy atom. The lowest BCUT2D eigenvalue weighted by molar-refractivity contribution is 0.244. The molecule has 1 fully saturated rings. The first-order valence-electron chi connectivity index (χ1n) is 12.1. The van der Waals surface area contributed by atoms with E-state index in [1.54, 1.807) is 0 Å². The lowest BCUT2D eigenvalue weighted by Crippen LogP contribution is -2.45. The van der Waals surface area contributed by atoms with Gasteiger partial charge in [-0.15, -0.1) is 0 Å². The molecule has 0 saturated heterocycles. The van der Waals surface area contributed by atoms with Gasteiger partial charge in [0.1, 0.15) is 0 Å². The minimum Gasteiger partial charge on any atom is -0.362 e. The minimum atomic E-state index is 0.517. The van der Waals surface area contributed by atoms with Crippen molar-refractivity contribution in [3.8, 4) is 0 Å². The molecule has 0 unspecified atom stereocenters. The minimum absolute atomic E-state index is 0.517. The molecule has 2 aromatic carbocycles. The maximum Gasteiger partial charge on any atom is 0.173 e. The molecular formula is C27H38N4S2. The summed E-state index contributed by atoms with van der Waals surface area (Å²) in [6.07, 6.45) is 7.31. The highest BCUT2D eigenvalue weighted by Crippen LogP contribution is 2.25. The molecule has 4 nitrogen and oxygen atoms in total. The molecule has 3 N–H and O–H groups in total. The zero-order chi connectivity index (χ0) is 23.8. The van der Waals surface area contributed by atoms with E-state index in [0.717, 1.165) is 36.0 Å². The zero-order valence-corrected chi connectivity index (χ0v) is 22.1. The molecule has 0 spiro atoms. The summed E-state index contributed by atoms with van der Waals surface area (Å²) in [4.78, 5) is 2.42. The van der Waals surface area contributed by atoms with Gasteiger partial charge in [-0.25, -0.2) is 0 Å². The predicted octanol–water partition coefficient (Wildman–Crippen LogP) is 6.63. The average molecular weight is 483 g/mol. The number of hydrogen-bond donors (Lipinski definition) is 3. The van der Waals surface area contributed by atoms with Crippen molar-refractivity contribution in [3.63, 3.8) is 0 Å². The SMILES string of the molecule is Cc1ccc(C)c(NC(=S)NCCCN(C(=S)Nc2cc(C)ccc2C)C2CCCCC2)c1. The Bertz CT molecular complexity index is 967. The lowest BCUT2D eigenvalue weighted by atomic mass is 9.94. The van der Waals surface area contributed by atoms with Gasteiger partial charge in [0.05, 0.1) is 0 Å². The molecule has 1 aliphatic carbocycles. The lowest BCUT2D eigenvalue weighted by Gasteiger charge is -2.36.